The number of ether oxygens (including phenoxy) is 1. The van der Waals surface area contributed by atoms with Crippen LogP contribution < -0.4 is 0 Å². The Morgan fingerprint density at radius 3 is 3.00 bits per heavy atom. The van der Waals surface area contributed by atoms with Crippen molar-refractivity contribution < 1.29 is 9.84 Å². The highest BCUT2D eigenvalue weighted by Crippen LogP contribution is 2.11. The van der Waals surface area contributed by atoms with E-state index in [-0.39, 0.29) is 12.2 Å². The maximum absolute atomic E-state index is 9.32. The van der Waals surface area contributed by atoms with Gasteiger partial charge in [-0.2, -0.15) is 0 Å². The summed E-state index contributed by atoms with van der Waals surface area (Å²) in [6, 6.07) is 0. The van der Waals surface area contributed by atoms with Gasteiger partial charge in [-0.25, -0.2) is 0 Å². The zero-order valence-corrected chi connectivity index (χ0v) is 7.55. The fourth-order valence-corrected chi connectivity index (χ4v) is 1.15. The Bertz CT molecular complexity index is 178. The Morgan fingerprint density at radius 1 is 1.58 bits per heavy atom. The number of hydrogen-bond donors (Lipinski definition) is 1. The fraction of sp³-hybridized carbons (Fsp3) is 0.800. The third-order valence-corrected chi connectivity index (χ3v) is 1.96. The van der Waals surface area contributed by atoms with Crippen molar-refractivity contribution in [2.45, 2.75) is 44.8 Å². The summed E-state index contributed by atoms with van der Waals surface area (Å²) in [5.41, 5.74) is 0. The zero-order chi connectivity index (χ0) is 8.81. The molecule has 1 heterocycles. The largest absolute Gasteiger partial charge is 0.389 e. The molecule has 68 valence electrons. The molecular formula is C10H16O2. The maximum atomic E-state index is 9.32. The Hall–Kier alpha value is -0.520. The zero-order valence-electron chi connectivity index (χ0n) is 7.55. The average molecular weight is 168 g/mol. The van der Waals surface area contributed by atoms with E-state index in [0.717, 1.165) is 19.3 Å². The summed E-state index contributed by atoms with van der Waals surface area (Å²) in [6.45, 7) is 2.79. The predicted molar refractivity (Wildman–Crippen MR) is 47.7 cm³/mol. The van der Waals surface area contributed by atoms with Crippen LogP contribution >= 0.6 is 0 Å². The number of hydrogen-bond acceptors (Lipinski definition) is 2. The smallest absolute Gasteiger partial charge is 0.144 e. The molecule has 1 aliphatic heterocycles. The highest BCUT2D eigenvalue weighted by atomic mass is 16.5. The van der Waals surface area contributed by atoms with Crippen LogP contribution in [-0.4, -0.2) is 23.9 Å². The first-order valence-electron chi connectivity index (χ1n) is 4.62. The first-order chi connectivity index (χ1) is 5.84. The molecule has 2 atom stereocenters. The summed E-state index contributed by atoms with van der Waals surface area (Å²) < 4.78 is 5.22. The molecule has 0 amide bonds. The molecule has 0 aromatic carbocycles. The molecule has 12 heavy (non-hydrogen) atoms. The van der Waals surface area contributed by atoms with Gasteiger partial charge in [0.2, 0.25) is 0 Å². The van der Waals surface area contributed by atoms with Gasteiger partial charge in [0.15, 0.2) is 0 Å². The Kier molecular flexibility index (Phi) is 4.13. The van der Waals surface area contributed by atoms with E-state index in [4.69, 9.17) is 4.74 Å². The fourth-order valence-electron chi connectivity index (χ4n) is 1.15. The first-order valence-corrected chi connectivity index (χ1v) is 4.62. The Labute approximate surface area is 73.9 Å². The number of rotatable bonds is 2. The molecule has 2 nitrogen and oxygen atoms in total. The second-order valence-corrected chi connectivity index (χ2v) is 3.07. The normalized spacial score (nSPS) is 28.2. The molecule has 0 radical (unpaired) electrons. The van der Waals surface area contributed by atoms with Gasteiger partial charge in [-0.3, -0.25) is 0 Å². The molecule has 2 heteroatoms. The monoisotopic (exact) mass is 168 g/mol. The minimum atomic E-state index is -0.362. The van der Waals surface area contributed by atoms with Crippen molar-refractivity contribution in [3.63, 3.8) is 0 Å². The van der Waals surface area contributed by atoms with E-state index >= 15 is 0 Å². The molecule has 1 saturated heterocycles. The molecule has 0 aromatic heterocycles. The standard InChI is InChI=1S/C10H16O2/c1-2-3-4-5-6-10-9(11)7-8-12-10/h9-11H,2-4,7-8H2,1H3. The Morgan fingerprint density at radius 2 is 2.42 bits per heavy atom. The van der Waals surface area contributed by atoms with Crippen molar-refractivity contribution in [2.75, 3.05) is 6.61 Å². The summed E-state index contributed by atoms with van der Waals surface area (Å²) in [5.74, 6) is 5.97. The predicted octanol–water partition coefficient (Wildman–Crippen LogP) is 1.33. The Balaban J connectivity index is 2.22. The molecule has 0 bridgehead atoms. The van der Waals surface area contributed by atoms with Crippen LogP contribution in [-0.2, 0) is 4.74 Å². The van der Waals surface area contributed by atoms with Gasteiger partial charge in [0.25, 0.3) is 0 Å². The van der Waals surface area contributed by atoms with E-state index in [1.54, 1.807) is 0 Å². The van der Waals surface area contributed by atoms with Crippen LogP contribution in [0.4, 0.5) is 0 Å². The third kappa shape index (κ3) is 2.84. The third-order valence-electron chi connectivity index (χ3n) is 1.96. The van der Waals surface area contributed by atoms with Crippen molar-refractivity contribution in [1.29, 1.82) is 0 Å². The van der Waals surface area contributed by atoms with Crippen LogP contribution in [0.2, 0.25) is 0 Å². The van der Waals surface area contributed by atoms with Crippen LogP contribution in [0, 0.1) is 11.8 Å². The highest BCUT2D eigenvalue weighted by Gasteiger charge is 2.23. The molecule has 0 saturated carbocycles. The van der Waals surface area contributed by atoms with E-state index < -0.39 is 0 Å². The van der Waals surface area contributed by atoms with Crippen LogP contribution in [0.25, 0.3) is 0 Å². The van der Waals surface area contributed by atoms with Gasteiger partial charge in [-0.05, 0) is 6.42 Å². The molecule has 1 fully saturated rings. The lowest BCUT2D eigenvalue weighted by Crippen LogP contribution is -2.18. The van der Waals surface area contributed by atoms with E-state index in [2.05, 4.69) is 18.8 Å². The summed E-state index contributed by atoms with van der Waals surface area (Å²) in [7, 11) is 0. The van der Waals surface area contributed by atoms with Crippen molar-refractivity contribution >= 4 is 0 Å². The number of unbranched alkanes of at least 4 members (excludes halogenated alkanes) is 2. The number of aliphatic hydroxyl groups is 1. The number of aliphatic hydroxyl groups excluding tert-OH is 1. The summed E-state index contributed by atoms with van der Waals surface area (Å²) in [4.78, 5) is 0. The first kappa shape index (κ1) is 9.57. The van der Waals surface area contributed by atoms with E-state index in [0.29, 0.717) is 6.61 Å². The lowest BCUT2D eigenvalue weighted by atomic mass is 10.2. The van der Waals surface area contributed by atoms with Gasteiger partial charge < -0.3 is 9.84 Å². The molecular weight excluding hydrogens is 152 g/mol. The summed E-state index contributed by atoms with van der Waals surface area (Å²) in [6.07, 6.45) is 3.37. The minimum absolute atomic E-state index is 0.221. The minimum Gasteiger partial charge on any atom is -0.389 e. The molecule has 0 aromatic rings. The molecule has 2 unspecified atom stereocenters. The summed E-state index contributed by atoms with van der Waals surface area (Å²) >= 11 is 0. The van der Waals surface area contributed by atoms with Crippen molar-refractivity contribution in [2.24, 2.45) is 0 Å². The van der Waals surface area contributed by atoms with E-state index in [1.807, 2.05) is 0 Å². The SMILES string of the molecule is CCCCC#CC1OCCC1O. The van der Waals surface area contributed by atoms with Crippen LogP contribution in [0.1, 0.15) is 32.6 Å². The molecule has 1 aliphatic rings. The quantitative estimate of drug-likeness (QED) is 0.498. The average Bonchev–Trinajstić information content (AvgIpc) is 2.46. The van der Waals surface area contributed by atoms with Crippen molar-refractivity contribution in [1.82, 2.24) is 0 Å². The van der Waals surface area contributed by atoms with Crippen LogP contribution in [0.3, 0.4) is 0 Å². The molecule has 1 rings (SSSR count). The van der Waals surface area contributed by atoms with Crippen LogP contribution in [0.5, 0.6) is 0 Å². The van der Waals surface area contributed by atoms with E-state index in [9.17, 15) is 5.11 Å². The lowest BCUT2D eigenvalue weighted by molar-refractivity contribution is 0.0811. The van der Waals surface area contributed by atoms with Crippen LogP contribution in [0.15, 0.2) is 0 Å². The second kappa shape index (κ2) is 5.18. The van der Waals surface area contributed by atoms with E-state index in [1.165, 1.54) is 6.42 Å². The second-order valence-electron chi connectivity index (χ2n) is 3.07. The van der Waals surface area contributed by atoms with Gasteiger partial charge in [0.1, 0.15) is 6.10 Å². The molecule has 0 spiro atoms. The summed E-state index contributed by atoms with van der Waals surface area (Å²) in [5, 5.41) is 9.32. The van der Waals surface area contributed by atoms with Gasteiger partial charge in [0, 0.05) is 12.8 Å². The van der Waals surface area contributed by atoms with Gasteiger partial charge in [-0.1, -0.05) is 19.3 Å². The van der Waals surface area contributed by atoms with Gasteiger partial charge in [-0.15, -0.1) is 5.92 Å². The molecule has 1 N–H and O–H groups in total. The maximum Gasteiger partial charge on any atom is 0.144 e. The molecule has 0 aliphatic carbocycles. The van der Waals surface area contributed by atoms with Crippen molar-refractivity contribution in [3.05, 3.63) is 0 Å². The van der Waals surface area contributed by atoms with Gasteiger partial charge >= 0.3 is 0 Å². The van der Waals surface area contributed by atoms with Crippen molar-refractivity contribution in [3.8, 4) is 11.8 Å². The van der Waals surface area contributed by atoms with Gasteiger partial charge in [0.05, 0.1) is 12.7 Å². The lowest BCUT2D eigenvalue weighted by Gasteiger charge is -2.04. The highest BCUT2D eigenvalue weighted by molar-refractivity contribution is 5.08. The topological polar surface area (TPSA) is 29.5 Å².